The molecule has 0 aliphatic carbocycles. The highest BCUT2D eigenvalue weighted by atomic mass is 15.2. The number of pyridine rings is 3. The SMILES string of the molecule is NC1=NC(Nc2cccnc2)(C(c2cccnc2)c2cccnc2)C=CN1. The number of nitrogens with one attached hydrogen (secondary N) is 2. The monoisotopic (exact) mass is 357 g/mol. The zero-order chi connectivity index (χ0) is 18.5. The van der Waals surface area contributed by atoms with Crippen LogP contribution in [0.25, 0.3) is 0 Å². The second kappa shape index (κ2) is 7.25. The van der Waals surface area contributed by atoms with Crippen molar-refractivity contribution in [2.45, 2.75) is 11.6 Å². The highest BCUT2D eigenvalue weighted by Gasteiger charge is 2.40. The molecule has 1 atom stereocenters. The third-order valence-corrected chi connectivity index (χ3v) is 4.36. The third-order valence-electron chi connectivity index (χ3n) is 4.36. The molecular formula is C20H19N7. The first-order chi connectivity index (χ1) is 13.3. The van der Waals surface area contributed by atoms with Crippen LogP contribution in [0.2, 0.25) is 0 Å². The maximum absolute atomic E-state index is 6.06. The number of hydrogen-bond donors (Lipinski definition) is 3. The second-order valence-corrected chi connectivity index (χ2v) is 6.17. The average molecular weight is 357 g/mol. The predicted molar refractivity (Wildman–Crippen MR) is 105 cm³/mol. The van der Waals surface area contributed by atoms with Crippen LogP contribution in [0.5, 0.6) is 0 Å². The number of aromatic nitrogens is 3. The minimum atomic E-state index is -0.871. The van der Waals surface area contributed by atoms with Gasteiger partial charge in [0, 0.05) is 37.2 Å². The van der Waals surface area contributed by atoms with Gasteiger partial charge in [-0.1, -0.05) is 12.1 Å². The Hall–Kier alpha value is -3.74. The smallest absolute Gasteiger partial charge is 0.195 e. The van der Waals surface area contributed by atoms with Gasteiger partial charge in [0.2, 0.25) is 0 Å². The Kier molecular flexibility index (Phi) is 4.49. The molecule has 27 heavy (non-hydrogen) atoms. The highest BCUT2D eigenvalue weighted by Crippen LogP contribution is 2.39. The van der Waals surface area contributed by atoms with Crippen LogP contribution in [0, 0.1) is 0 Å². The van der Waals surface area contributed by atoms with Crippen LogP contribution in [-0.4, -0.2) is 26.6 Å². The molecule has 4 rings (SSSR count). The van der Waals surface area contributed by atoms with Crippen molar-refractivity contribution in [1.29, 1.82) is 0 Å². The number of guanidine groups is 1. The van der Waals surface area contributed by atoms with Gasteiger partial charge in [0.05, 0.1) is 17.8 Å². The summed E-state index contributed by atoms with van der Waals surface area (Å²) < 4.78 is 0. The molecule has 0 radical (unpaired) electrons. The summed E-state index contributed by atoms with van der Waals surface area (Å²) in [7, 11) is 0. The summed E-state index contributed by atoms with van der Waals surface area (Å²) in [6, 6.07) is 11.7. The third kappa shape index (κ3) is 3.48. The molecule has 0 bridgehead atoms. The molecule has 0 aromatic carbocycles. The Balaban J connectivity index is 1.89. The van der Waals surface area contributed by atoms with Crippen molar-refractivity contribution in [1.82, 2.24) is 20.3 Å². The molecule has 0 spiro atoms. The first-order valence-electron chi connectivity index (χ1n) is 8.54. The van der Waals surface area contributed by atoms with E-state index in [4.69, 9.17) is 10.7 Å². The van der Waals surface area contributed by atoms with Crippen LogP contribution >= 0.6 is 0 Å². The van der Waals surface area contributed by atoms with E-state index in [1.54, 1.807) is 31.0 Å². The van der Waals surface area contributed by atoms with E-state index in [0.29, 0.717) is 5.96 Å². The molecule has 0 amide bonds. The minimum absolute atomic E-state index is 0.211. The zero-order valence-corrected chi connectivity index (χ0v) is 14.5. The van der Waals surface area contributed by atoms with Gasteiger partial charge in [0.1, 0.15) is 0 Å². The number of aliphatic imine (C=N–C) groups is 1. The molecule has 7 heteroatoms. The lowest BCUT2D eigenvalue weighted by Crippen LogP contribution is -2.48. The van der Waals surface area contributed by atoms with Crippen molar-refractivity contribution in [3.63, 3.8) is 0 Å². The van der Waals surface area contributed by atoms with E-state index in [1.807, 2.05) is 54.9 Å². The van der Waals surface area contributed by atoms with Gasteiger partial charge in [-0.2, -0.15) is 0 Å². The summed E-state index contributed by atoms with van der Waals surface area (Å²) in [4.78, 5) is 17.6. The molecule has 4 heterocycles. The molecule has 1 unspecified atom stereocenters. The molecule has 1 aliphatic heterocycles. The maximum Gasteiger partial charge on any atom is 0.195 e. The van der Waals surface area contributed by atoms with Crippen molar-refractivity contribution in [2.24, 2.45) is 10.7 Å². The standard InChI is InChI=1S/C20H19N7/c21-19-25-11-7-20(27-19,26-17-6-3-10-24-14-17)18(15-4-1-8-22-12-15)16-5-2-9-23-13-16/h1-14,18,26H,(H3,21,25,27). The quantitative estimate of drug-likeness (QED) is 0.647. The fourth-order valence-electron chi connectivity index (χ4n) is 3.29. The van der Waals surface area contributed by atoms with Gasteiger partial charge < -0.3 is 16.4 Å². The molecule has 0 saturated heterocycles. The topological polar surface area (TPSA) is 101 Å². The summed E-state index contributed by atoms with van der Waals surface area (Å²) in [6.07, 6.45) is 14.4. The zero-order valence-electron chi connectivity index (χ0n) is 14.5. The van der Waals surface area contributed by atoms with Crippen LogP contribution in [0.1, 0.15) is 17.0 Å². The second-order valence-electron chi connectivity index (χ2n) is 6.17. The van der Waals surface area contributed by atoms with Gasteiger partial charge in [-0.25, -0.2) is 4.99 Å². The number of nitrogens with two attached hydrogens (primary N) is 1. The van der Waals surface area contributed by atoms with E-state index in [9.17, 15) is 0 Å². The highest BCUT2D eigenvalue weighted by molar-refractivity contribution is 5.81. The Morgan fingerprint density at radius 3 is 2.04 bits per heavy atom. The molecule has 0 fully saturated rings. The van der Waals surface area contributed by atoms with E-state index < -0.39 is 5.66 Å². The lowest BCUT2D eigenvalue weighted by molar-refractivity contribution is 0.518. The van der Waals surface area contributed by atoms with Crippen LogP contribution < -0.4 is 16.4 Å². The summed E-state index contributed by atoms with van der Waals surface area (Å²) in [6.45, 7) is 0. The Bertz CT molecular complexity index is 902. The first kappa shape index (κ1) is 16.7. The van der Waals surface area contributed by atoms with E-state index in [1.165, 1.54) is 0 Å². The molecular weight excluding hydrogens is 338 g/mol. The summed E-state index contributed by atoms with van der Waals surface area (Å²) in [5.41, 5.74) is 8.00. The number of hydrogen-bond acceptors (Lipinski definition) is 7. The van der Waals surface area contributed by atoms with Gasteiger partial charge in [-0.15, -0.1) is 0 Å². The van der Waals surface area contributed by atoms with Gasteiger partial charge in [0.25, 0.3) is 0 Å². The van der Waals surface area contributed by atoms with E-state index in [2.05, 4.69) is 25.6 Å². The van der Waals surface area contributed by atoms with Crippen LogP contribution in [0.15, 0.2) is 90.8 Å². The number of nitrogens with zero attached hydrogens (tertiary/aromatic N) is 4. The van der Waals surface area contributed by atoms with Crippen LogP contribution in [0.3, 0.4) is 0 Å². The Morgan fingerprint density at radius 1 is 0.889 bits per heavy atom. The minimum Gasteiger partial charge on any atom is -0.370 e. The van der Waals surface area contributed by atoms with Crippen LogP contribution in [-0.2, 0) is 0 Å². The van der Waals surface area contributed by atoms with Crippen molar-refractivity contribution in [3.05, 3.63) is 97.0 Å². The summed E-state index contributed by atoms with van der Waals surface area (Å²) in [5.74, 6) is 0.115. The molecule has 134 valence electrons. The van der Waals surface area contributed by atoms with E-state index in [0.717, 1.165) is 16.8 Å². The van der Waals surface area contributed by atoms with Gasteiger partial charge in [0.15, 0.2) is 11.6 Å². The molecule has 3 aromatic heterocycles. The van der Waals surface area contributed by atoms with Gasteiger partial charge in [-0.05, 0) is 41.5 Å². The summed E-state index contributed by atoms with van der Waals surface area (Å²) in [5, 5.41) is 6.45. The normalized spacial score (nSPS) is 18.6. The lowest BCUT2D eigenvalue weighted by Gasteiger charge is -2.38. The molecule has 4 N–H and O–H groups in total. The molecule has 0 saturated carbocycles. The average Bonchev–Trinajstić information content (AvgIpc) is 2.70. The fraction of sp³-hybridized carbons (Fsp3) is 0.100. The molecule has 3 aromatic rings. The Morgan fingerprint density at radius 2 is 1.52 bits per heavy atom. The summed E-state index contributed by atoms with van der Waals surface area (Å²) >= 11 is 0. The van der Waals surface area contributed by atoms with Crippen molar-refractivity contribution in [2.75, 3.05) is 5.32 Å². The number of anilines is 1. The van der Waals surface area contributed by atoms with E-state index in [-0.39, 0.29) is 5.92 Å². The Labute approximate surface area is 157 Å². The van der Waals surface area contributed by atoms with Crippen LogP contribution in [0.4, 0.5) is 5.69 Å². The van der Waals surface area contributed by atoms with Crippen molar-refractivity contribution in [3.8, 4) is 0 Å². The molecule has 7 nitrogen and oxygen atoms in total. The van der Waals surface area contributed by atoms with Crippen molar-refractivity contribution >= 4 is 11.6 Å². The number of rotatable bonds is 5. The van der Waals surface area contributed by atoms with Crippen molar-refractivity contribution < 1.29 is 0 Å². The lowest BCUT2D eigenvalue weighted by atomic mass is 9.81. The first-order valence-corrected chi connectivity index (χ1v) is 8.54. The van der Waals surface area contributed by atoms with Gasteiger partial charge in [-0.3, -0.25) is 15.0 Å². The maximum atomic E-state index is 6.06. The van der Waals surface area contributed by atoms with E-state index >= 15 is 0 Å². The fourth-order valence-corrected chi connectivity index (χ4v) is 3.29. The van der Waals surface area contributed by atoms with Gasteiger partial charge >= 0.3 is 0 Å². The largest absolute Gasteiger partial charge is 0.370 e. The molecule has 1 aliphatic rings. The predicted octanol–water partition coefficient (Wildman–Crippen LogP) is 2.24.